The van der Waals surface area contributed by atoms with Gasteiger partial charge in [0, 0.05) is 23.3 Å². The monoisotopic (exact) mass is 406 g/mol. The van der Waals surface area contributed by atoms with E-state index in [0.29, 0.717) is 10.9 Å². The average Bonchev–Trinajstić information content (AvgIpc) is 3.14. The molecule has 2 aromatic heterocycles. The van der Waals surface area contributed by atoms with Gasteiger partial charge in [0.05, 0.1) is 16.0 Å². The van der Waals surface area contributed by atoms with Gasteiger partial charge < -0.3 is 5.11 Å². The minimum absolute atomic E-state index is 0.0172. The van der Waals surface area contributed by atoms with E-state index < -0.39 is 21.8 Å². The number of rotatable bonds is 5. The molecule has 8 heteroatoms. The number of hydrogen-bond acceptors (Lipinski definition) is 5. The number of para-hydroxylation sites is 1. The lowest BCUT2D eigenvalue weighted by Crippen LogP contribution is -2.20. The Morgan fingerprint density at radius 1 is 0.897 bits per heavy atom. The van der Waals surface area contributed by atoms with Crippen molar-refractivity contribution in [3.63, 3.8) is 0 Å². The lowest BCUT2D eigenvalue weighted by molar-refractivity contribution is 0.0692. The summed E-state index contributed by atoms with van der Waals surface area (Å²) in [5.74, 6) is -2.05. The zero-order chi connectivity index (χ0) is 20.6. The van der Waals surface area contributed by atoms with Crippen molar-refractivity contribution in [3.05, 3.63) is 95.9 Å². The number of carbonyl (C=O) groups excluding carboxylic acids is 1. The number of ketones is 1. The molecule has 4 rings (SSSR count). The summed E-state index contributed by atoms with van der Waals surface area (Å²) in [4.78, 5) is 28.5. The fourth-order valence-corrected chi connectivity index (χ4v) is 4.68. The van der Waals surface area contributed by atoms with Crippen LogP contribution in [-0.2, 0) is 10.0 Å². The van der Waals surface area contributed by atoms with E-state index in [1.807, 2.05) is 0 Å². The average molecular weight is 406 g/mol. The van der Waals surface area contributed by atoms with Crippen LogP contribution < -0.4 is 0 Å². The Bertz CT molecular complexity index is 1360. The Hall–Kier alpha value is -3.78. The van der Waals surface area contributed by atoms with Crippen LogP contribution in [0.1, 0.15) is 26.4 Å². The van der Waals surface area contributed by atoms with Gasteiger partial charge in [-0.1, -0.05) is 36.4 Å². The Morgan fingerprint density at radius 2 is 1.59 bits per heavy atom. The first-order chi connectivity index (χ1) is 13.9. The number of pyridine rings is 1. The van der Waals surface area contributed by atoms with Crippen molar-refractivity contribution in [2.24, 2.45) is 0 Å². The molecule has 144 valence electrons. The van der Waals surface area contributed by atoms with E-state index in [-0.39, 0.29) is 21.7 Å². The normalized spacial score (nSPS) is 11.4. The van der Waals surface area contributed by atoms with Crippen molar-refractivity contribution in [1.29, 1.82) is 0 Å². The molecule has 7 nitrogen and oxygen atoms in total. The van der Waals surface area contributed by atoms with Crippen molar-refractivity contribution < 1.29 is 23.1 Å². The molecular formula is C21H14N2O5S. The summed E-state index contributed by atoms with van der Waals surface area (Å²) < 4.78 is 27.7. The second-order valence-corrected chi connectivity index (χ2v) is 8.01. The first-order valence-corrected chi connectivity index (χ1v) is 9.98. The van der Waals surface area contributed by atoms with Crippen LogP contribution in [0.4, 0.5) is 0 Å². The Kier molecular flexibility index (Phi) is 4.48. The van der Waals surface area contributed by atoms with E-state index in [0.717, 1.165) is 10.2 Å². The number of benzene rings is 2. The predicted octanol–water partition coefficient (Wildman–Crippen LogP) is 3.20. The summed E-state index contributed by atoms with van der Waals surface area (Å²) in [5, 5.41) is 9.93. The molecule has 1 N–H and O–H groups in total. The first kappa shape index (κ1) is 18.6. The lowest BCUT2D eigenvalue weighted by Gasteiger charge is -2.12. The Morgan fingerprint density at radius 3 is 2.31 bits per heavy atom. The molecule has 0 radical (unpaired) electrons. The van der Waals surface area contributed by atoms with Gasteiger partial charge >= 0.3 is 5.97 Å². The first-order valence-electron chi connectivity index (χ1n) is 8.54. The van der Waals surface area contributed by atoms with Gasteiger partial charge in [-0.25, -0.2) is 17.2 Å². The van der Waals surface area contributed by atoms with E-state index in [1.165, 1.54) is 30.5 Å². The fraction of sp³-hybridized carbons (Fsp3) is 0. The number of carboxylic acid groups (broad SMARTS) is 1. The smallest absolute Gasteiger partial charge is 0.338 e. The minimum atomic E-state index is -4.11. The fourth-order valence-electron chi connectivity index (χ4n) is 3.15. The molecule has 2 heterocycles. The van der Waals surface area contributed by atoms with Crippen molar-refractivity contribution in [2.45, 2.75) is 4.90 Å². The van der Waals surface area contributed by atoms with Crippen LogP contribution >= 0.6 is 0 Å². The van der Waals surface area contributed by atoms with Crippen molar-refractivity contribution in [3.8, 4) is 0 Å². The summed E-state index contributed by atoms with van der Waals surface area (Å²) in [5.41, 5.74) is -0.263. The second kappa shape index (κ2) is 6.99. The highest BCUT2D eigenvalue weighted by atomic mass is 32.2. The zero-order valence-corrected chi connectivity index (χ0v) is 15.7. The van der Waals surface area contributed by atoms with Crippen LogP contribution in [-0.4, -0.2) is 34.2 Å². The summed E-state index contributed by atoms with van der Waals surface area (Å²) in [7, 11) is -4.11. The molecule has 0 saturated carbocycles. The summed E-state index contributed by atoms with van der Waals surface area (Å²) in [6.07, 6.45) is 2.35. The molecule has 0 aliphatic rings. The number of carboxylic acids is 1. The van der Waals surface area contributed by atoms with Crippen LogP contribution in [0.3, 0.4) is 0 Å². The van der Waals surface area contributed by atoms with Crippen LogP contribution in [0.2, 0.25) is 0 Å². The van der Waals surface area contributed by atoms with Gasteiger partial charge in [-0.05, 0) is 30.3 Å². The van der Waals surface area contributed by atoms with Gasteiger partial charge in [-0.3, -0.25) is 9.78 Å². The predicted molar refractivity (Wildman–Crippen MR) is 106 cm³/mol. The molecule has 4 aromatic rings. The summed E-state index contributed by atoms with van der Waals surface area (Å²) in [6, 6.07) is 17.1. The molecule has 0 fully saturated rings. The summed E-state index contributed by atoms with van der Waals surface area (Å²) >= 11 is 0. The number of aromatic nitrogens is 2. The van der Waals surface area contributed by atoms with Crippen molar-refractivity contribution >= 4 is 32.7 Å². The number of carbonyl (C=O) groups is 2. The third-order valence-corrected chi connectivity index (χ3v) is 6.22. The standard InChI is InChI=1S/C21H14N2O5S/c24-20(16-10-11-22-13-17(16)21(25)26)19-12-14-6-4-5-9-18(14)23(19)29(27,28)15-7-2-1-3-8-15/h1-13H,(H,25,26). The summed E-state index contributed by atoms with van der Waals surface area (Å²) in [6.45, 7) is 0. The van der Waals surface area contributed by atoms with E-state index in [1.54, 1.807) is 42.5 Å². The molecular weight excluding hydrogens is 392 g/mol. The quantitative estimate of drug-likeness (QED) is 0.510. The highest BCUT2D eigenvalue weighted by Gasteiger charge is 2.28. The Balaban J connectivity index is 2.02. The van der Waals surface area contributed by atoms with Gasteiger partial charge in [0.2, 0.25) is 5.78 Å². The maximum absolute atomic E-state index is 13.4. The van der Waals surface area contributed by atoms with Gasteiger partial charge in [0.25, 0.3) is 10.0 Å². The van der Waals surface area contributed by atoms with Crippen LogP contribution in [0.5, 0.6) is 0 Å². The molecule has 0 aliphatic carbocycles. The number of fused-ring (bicyclic) bond motifs is 1. The minimum Gasteiger partial charge on any atom is -0.478 e. The van der Waals surface area contributed by atoms with Gasteiger partial charge in [0.1, 0.15) is 5.69 Å². The maximum Gasteiger partial charge on any atom is 0.338 e. The molecule has 0 saturated heterocycles. The van der Waals surface area contributed by atoms with Gasteiger partial charge in [-0.2, -0.15) is 0 Å². The highest BCUT2D eigenvalue weighted by Crippen LogP contribution is 2.28. The molecule has 2 aromatic carbocycles. The Labute approximate surface area is 165 Å². The van der Waals surface area contributed by atoms with E-state index >= 15 is 0 Å². The highest BCUT2D eigenvalue weighted by molar-refractivity contribution is 7.90. The third-order valence-electron chi connectivity index (χ3n) is 4.48. The lowest BCUT2D eigenvalue weighted by atomic mass is 10.0. The molecule has 0 amide bonds. The van der Waals surface area contributed by atoms with Crippen LogP contribution in [0.15, 0.2) is 84.0 Å². The van der Waals surface area contributed by atoms with Crippen molar-refractivity contribution in [1.82, 2.24) is 8.96 Å². The van der Waals surface area contributed by atoms with E-state index in [4.69, 9.17) is 0 Å². The molecule has 0 unspecified atom stereocenters. The van der Waals surface area contributed by atoms with E-state index in [2.05, 4.69) is 4.98 Å². The topological polar surface area (TPSA) is 106 Å². The third kappa shape index (κ3) is 3.09. The molecule has 0 atom stereocenters. The SMILES string of the molecule is O=C(O)c1cnccc1C(=O)c1cc2ccccc2n1S(=O)(=O)c1ccccc1. The van der Waals surface area contributed by atoms with Crippen LogP contribution in [0, 0.1) is 0 Å². The largest absolute Gasteiger partial charge is 0.478 e. The van der Waals surface area contributed by atoms with Gasteiger partial charge in [0.15, 0.2) is 0 Å². The number of aromatic carboxylic acids is 1. The second-order valence-electron chi connectivity index (χ2n) is 6.23. The molecule has 29 heavy (non-hydrogen) atoms. The number of hydrogen-bond donors (Lipinski definition) is 1. The molecule has 0 spiro atoms. The maximum atomic E-state index is 13.4. The van der Waals surface area contributed by atoms with Gasteiger partial charge in [-0.15, -0.1) is 0 Å². The number of nitrogens with zero attached hydrogens (tertiary/aromatic N) is 2. The van der Waals surface area contributed by atoms with Crippen LogP contribution in [0.25, 0.3) is 10.9 Å². The molecule has 0 bridgehead atoms. The van der Waals surface area contributed by atoms with E-state index in [9.17, 15) is 23.1 Å². The molecule has 0 aliphatic heterocycles. The zero-order valence-electron chi connectivity index (χ0n) is 14.9. The van der Waals surface area contributed by atoms with Crippen molar-refractivity contribution in [2.75, 3.05) is 0 Å².